The highest BCUT2D eigenvalue weighted by Gasteiger charge is 2.11. The van der Waals surface area contributed by atoms with Crippen molar-refractivity contribution in [2.75, 3.05) is 0 Å². The summed E-state index contributed by atoms with van der Waals surface area (Å²) in [5, 5.41) is 6.46. The molecular weight excluding hydrogens is 220 g/mol. The number of rotatable bonds is 4. The number of aromatic nitrogens is 3. The van der Waals surface area contributed by atoms with Crippen molar-refractivity contribution < 1.29 is 0 Å². The third-order valence-electron chi connectivity index (χ3n) is 2.45. The molecule has 0 amide bonds. The van der Waals surface area contributed by atoms with E-state index in [1.54, 1.807) is 11.3 Å². The first-order valence-electron chi connectivity index (χ1n) is 5.34. The second-order valence-corrected chi connectivity index (χ2v) is 4.82. The number of thiazole rings is 1. The molecule has 86 valence electrons. The summed E-state index contributed by atoms with van der Waals surface area (Å²) in [7, 11) is 0. The van der Waals surface area contributed by atoms with Crippen molar-refractivity contribution in [2.24, 2.45) is 5.73 Å². The Morgan fingerprint density at radius 2 is 2.31 bits per heavy atom. The third-order valence-corrected chi connectivity index (χ3v) is 3.06. The standard InChI is InChI=1S/C11H16N4S/c1-8(2)15-4-3-9(14-15)5-10(12)11-6-16-7-13-11/h3-4,6-8,10H,5,12H2,1-2H3. The Balaban J connectivity index is 2.03. The molecule has 0 radical (unpaired) electrons. The van der Waals surface area contributed by atoms with Crippen LogP contribution in [0.25, 0.3) is 0 Å². The number of nitrogens with two attached hydrogens (primary N) is 1. The quantitative estimate of drug-likeness (QED) is 0.885. The molecule has 0 aliphatic carbocycles. The molecule has 4 nitrogen and oxygen atoms in total. The van der Waals surface area contributed by atoms with Gasteiger partial charge in [-0.1, -0.05) is 0 Å². The second kappa shape index (κ2) is 4.76. The molecule has 0 fully saturated rings. The first-order valence-corrected chi connectivity index (χ1v) is 6.29. The molecule has 0 saturated heterocycles. The molecule has 2 heterocycles. The van der Waals surface area contributed by atoms with Gasteiger partial charge in [0.05, 0.1) is 22.9 Å². The summed E-state index contributed by atoms with van der Waals surface area (Å²) in [4.78, 5) is 4.21. The van der Waals surface area contributed by atoms with Crippen LogP contribution in [0, 0.1) is 0 Å². The van der Waals surface area contributed by atoms with Crippen molar-refractivity contribution in [3.63, 3.8) is 0 Å². The van der Waals surface area contributed by atoms with Crippen LogP contribution in [-0.2, 0) is 6.42 Å². The van der Waals surface area contributed by atoms with Gasteiger partial charge in [0.25, 0.3) is 0 Å². The molecule has 16 heavy (non-hydrogen) atoms. The monoisotopic (exact) mass is 236 g/mol. The van der Waals surface area contributed by atoms with E-state index in [0.29, 0.717) is 6.04 Å². The average molecular weight is 236 g/mol. The zero-order valence-electron chi connectivity index (χ0n) is 9.50. The van der Waals surface area contributed by atoms with E-state index in [0.717, 1.165) is 17.8 Å². The summed E-state index contributed by atoms with van der Waals surface area (Å²) in [6.45, 7) is 4.22. The maximum atomic E-state index is 6.05. The first-order chi connectivity index (χ1) is 7.66. The Labute approximate surface area is 99.1 Å². The molecule has 2 rings (SSSR count). The van der Waals surface area contributed by atoms with E-state index in [2.05, 4.69) is 23.9 Å². The zero-order valence-corrected chi connectivity index (χ0v) is 10.3. The molecule has 1 atom stereocenters. The van der Waals surface area contributed by atoms with Gasteiger partial charge in [-0.3, -0.25) is 4.68 Å². The Morgan fingerprint density at radius 1 is 1.50 bits per heavy atom. The summed E-state index contributed by atoms with van der Waals surface area (Å²) in [6, 6.07) is 2.36. The molecule has 2 aromatic heterocycles. The predicted molar refractivity (Wildman–Crippen MR) is 65.4 cm³/mol. The van der Waals surface area contributed by atoms with Crippen molar-refractivity contribution in [3.05, 3.63) is 34.5 Å². The van der Waals surface area contributed by atoms with Crippen molar-refractivity contribution in [3.8, 4) is 0 Å². The van der Waals surface area contributed by atoms with Crippen molar-refractivity contribution >= 4 is 11.3 Å². The predicted octanol–water partition coefficient (Wildman–Crippen LogP) is 2.16. The van der Waals surface area contributed by atoms with Crippen LogP contribution >= 0.6 is 11.3 Å². The van der Waals surface area contributed by atoms with Crippen molar-refractivity contribution in [1.82, 2.24) is 14.8 Å². The summed E-state index contributed by atoms with van der Waals surface area (Å²) < 4.78 is 1.95. The van der Waals surface area contributed by atoms with Gasteiger partial charge in [0, 0.05) is 24.0 Å². The van der Waals surface area contributed by atoms with Crippen LogP contribution in [0.1, 0.15) is 37.3 Å². The lowest BCUT2D eigenvalue weighted by molar-refractivity contribution is 0.522. The van der Waals surface area contributed by atoms with Crippen LogP contribution in [0.15, 0.2) is 23.2 Å². The molecule has 0 aliphatic rings. The normalized spacial score (nSPS) is 13.2. The Bertz CT molecular complexity index is 433. The molecule has 0 aromatic carbocycles. The molecule has 5 heteroatoms. The van der Waals surface area contributed by atoms with E-state index < -0.39 is 0 Å². The molecule has 0 aliphatic heterocycles. The highest BCUT2D eigenvalue weighted by molar-refractivity contribution is 7.07. The van der Waals surface area contributed by atoms with Crippen LogP contribution < -0.4 is 5.73 Å². The van der Waals surface area contributed by atoms with Gasteiger partial charge in [0.1, 0.15) is 0 Å². The van der Waals surface area contributed by atoms with E-state index in [9.17, 15) is 0 Å². The van der Waals surface area contributed by atoms with Crippen LogP contribution in [0.3, 0.4) is 0 Å². The maximum absolute atomic E-state index is 6.05. The fourth-order valence-corrected chi connectivity index (χ4v) is 2.13. The largest absolute Gasteiger partial charge is 0.322 e. The Kier molecular flexibility index (Phi) is 3.36. The topological polar surface area (TPSA) is 56.7 Å². The van der Waals surface area contributed by atoms with Crippen LogP contribution in [0.2, 0.25) is 0 Å². The first kappa shape index (κ1) is 11.3. The molecule has 2 aromatic rings. The molecule has 2 N–H and O–H groups in total. The fourth-order valence-electron chi connectivity index (χ4n) is 1.51. The minimum absolute atomic E-state index is 0.0539. The van der Waals surface area contributed by atoms with Crippen LogP contribution in [0.4, 0.5) is 0 Å². The van der Waals surface area contributed by atoms with Crippen molar-refractivity contribution in [1.29, 1.82) is 0 Å². The van der Waals surface area contributed by atoms with Gasteiger partial charge in [-0.05, 0) is 19.9 Å². The second-order valence-electron chi connectivity index (χ2n) is 4.10. The highest BCUT2D eigenvalue weighted by atomic mass is 32.1. The third kappa shape index (κ3) is 2.48. The fraction of sp³-hybridized carbons (Fsp3) is 0.455. The lowest BCUT2D eigenvalue weighted by atomic mass is 10.1. The summed E-state index contributed by atoms with van der Waals surface area (Å²) in [5.74, 6) is 0. The lowest BCUT2D eigenvalue weighted by Gasteiger charge is -2.07. The molecule has 1 unspecified atom stereocenters. The maximum Gasteiger partial charge on any atom is 0.0795 e. The van der Waals surface area contributed by atoms with Gasteiger partial charge in [0.15, 0.2) is 0 Å². The molecule has 0 bridgehead atoms. The van der Waals surface area contributed by atoms with Gasteiger partial charge in [0.2, 0.25) is 0 Å². The van der Waals surface area contributed by atoms with Gasteiger partial charge in [-0.25, -0.2) is 4.98 Å². The number of hydrogen-bond donors (Lipinski definition) is 1. The molecular formula is C11H16N4S. The highest BCUT2D eigenvalue weighted by Crippen LogP contribution is 2.15. The van der Waals surface area contributed by atoms with Gasteiger partial charge >= 0.3 is 0 Å². The van der Waals surface area contributed by atoms with Gasteiger partial charge < -0.3 is 5.73 Å². The summed E-state index contributed by atoms with van der Waals surface area (Å²) in [6.07, 6.45) is 2.73. The summed E-state index contributed by atoms with van der Waals surface area (Å²) in [5.41, 5.74) is 9.83. The summed E-state index contributed by atoms with van der Waals surface area (Å²) >= 11 is 1.57. The van der Waals surface area contributed by atoms with Crippen LogP contribution in [0.5, 0.6) is 0 Å². The molecule has 0 spiro atoms. The Morgan fingerprint density at radius 3 is 2.88 bits per heavy atom. The minimum Gasteiger partial charge on any atom is -0.322 e. The molecule has 0 saturated carbocycles. The lowest BCUT2D eigenvalue weighted by Crippen LogP contribution is -2.14. The zero-order chi connectivity index (χ0) is 11.5. The van der Waals surface area contributed by atoms with Crippen LogP contribution in [-0.4, -0.2) is 14.8 Å². The van der Waals surface area contributed by atoms with E-state index >= 15 is 0 Å². The number of nitrogens with zero attached hydrogens (tertiary/aromatic N) is 3. The van der Waals surface area contributed by atoms with E-state index in [1.807, 2.05) is 27.8 Å². The van der Waals surface area contributed by atoms with Gasteiger partial charge in [-0.2, -0.15) is 5.10 Å². The Hall–Kier alpha value is -1.20. The van der Waals surface area contributed by atoms with E-state index in [4.69, 9.17) is 5.73 Å². The van der Waals surface area contributed by atoms with Crippen molar-refractivity contribution in [2.45, 2.75) is 32.4 Å². The van der Waals surface area contributed by atoms with E-state index in [1.165, 1.54) is 0 Å². The van der Waals surface area contributed by atoms with Gasteiger partial charge in [-0.15, -0.1) is 11.3 Å². The average Bonchev–Trinajstić information content (AvgIpc) is 2.87. The SMILES string of the molecule is CC(C)n1ccc(CC(N)c2cscn2)n1. The minimum atomic E-state index is -0.0539. The number of hydrogen-bond acceptors (Lipinski definition) is 4. The smallest absolute Gasteiger partial charge is 0.0795 e. The van der Waals surface area contributed by atoms with E-state index in [-0.39, 0.29) is 6.04 Å².